The number of carboxylic acids is 1. The molecule has 2 heterocycles. The summed E-state index contributed by atoms with van der Waals surface area (Å²) in [7, 11) is 0. The van der Waals surface area contributed by atoms with Crippen LogP contribution in [0.4, 0.5) is 0 Å². The van der Waals surface area contributed by atoms with Gasteiger partial charge in [-0.15, -0.1) is 0 Å². The molecule has 0 aromatic carbocycles. The van der Waals surface area contributed by atoms with Crippen molar-refractivity contribution in [3.05, 3.63) is 22.4 Å². The van der Waals surface area contributed by atoms with Crippen molar-refractivity contribution in [1.82, 2.24) is 10.6 Å². The highest BCUT2D eigenvalue weighted by Gasteiger charge is 2.39. The van der Waals surface area contributed by atoms with E-state index in [9.17, 15) is 4.79 Å². The molecule has 1 fully saturated rings. The van der Waals surface area contributed by atoms with E-state index in [1.54, 1.807) is 11.3 Å². The van der Waals surface area contributed by atoms with Gasteiger partial charge < -0.3 is 15.7 Å². The summed E-state index contributed by atoms with van der Waals surface area (Å²) in [6.45, 7) is 3.60. The molecule has 1 aromatic rings. The van der Waals surface area contributed by atoms with Crippen molar-refractivity contribution >= 4 is 17.3 Å². The lowest BCUT2D eigenvalue weighted by Gasteiger charge is -2.44. The number of thiophene rings is 1. The van der Waals surface area contributed by atoms with Gasteiger partial charge in [0.25, 0.3) is 0 Å². The van der Waals surface area contributed by atoms with Gasteiger partial charge >= 0.3 is 5.97 Å². The molecule has 0 saturated carbocycles. The van der Waals surface area contributed by atoms with Gasteiger partial charge in [0.15, 0.2) is 0 Å². The predicted molar refractivity (Wildman–Crippen MR) is 68.5 cm³/mol. The number of hydrogen-bond acceptors (Lipinski definition) is 4. The lowest BCUT2D eigenvalue weighted by atomic mass is 9.87. The summed E-state index contributed by atoms with van der Waals surface area (Å²) in [6.07, 6.45) is 1.14. The van der Waals surface area contributed by atoms with Crippen molar-refractivity contribution in [1.29, 1.82) is 0 Å². The number of carbonyl (C=O) groups is 1. The van der Waals surface area contributed by atoms with E-state index >= 15 is 0 Å². The van der Waals surface area contributed by atoms with Gasteiger partial charge in [0, 0.05) is 19.1 Å². The Hall–Kier alpha value is -0.910. The van der Waals surface area contributed by atoms with Gasteiger partial charge in [0.05, 0.1) is 12.0 Å². The zero-order valence-corrected chi connectivity index (χ0v) is 10.7. The van der Waals surface area contributed by atoms with Crippen molar-refractivity contribution in [2.45, 2.75) is 31.3 Å². The summed E-state index contributed by atoms with van der Waals surface area (Å²) in [5.41, 5.74) is 1.06. The minimum Gasteiger partial charge on any atom is -0.481 e. The fourth-order valence-electron chi connectivity index (χ4n) is 2.33. The third kappa shape index (κ3) is 3.28. The van der Waals surface area contributed by atoms with Crippen LogP contribution in [0.1, 0.15) is 18.9 Å². The SMILES string of the molecule is CC(Cc1ccsc1)NC1(CC(=O)O)CNC1. The van der Waals surface area contributed by atoms with Gasteiger partial charge in [0.1, 0.15) is 0 Å². The van der Waals surface area contributed by atoms with Gasteiger partial charge in [0.2, 0.25) is 0 Å². The maximum atomic E-state index is 10.8. The summed E-state index contributed by atoms with van der Waals surface area (Å²) in [5, 5.41) is 19.7. The third-order valence-electron chi connectivity index (χ3n) is 3.09. The molecule has 17 heavy (non-hydrogen) atoms. The maximum Gasteiger partial charge on any atom is 0.305 e. The van der Waals surface area contributed by atoms with Gasteiger partial charge in [-0.1, -0.05) is 0 Å². The largest absolute Gasteiger partial charge is 0.481 e. The Labute approximate surface area is 105 Å². The molecular weight excluding hydrogens is 236 g/mol. The first kappa shape index (κ1) is 12.5. The molecule has 3 N–H and O–H groups in total. The molecule has 0 amide bonds. The van der Waals surface area contributed by atoms with E-state index in [0.717, 1.165) is 19.5 Å². The second-order valence-electron chi connectivity index (χ2n) is 4.84. The summed E-state index contributed by atoms with van der Waals surface area (Å²) in [5.74, 6) is -0.735. The number of nitrogens with one attached hydrogen (secondary N) is 2. The van der Waals surface area contributed by atoms with Gasteiger partial charge in [-0.2, -0.15) is 11.3 Å². The average molecular weight is 254 g/mol. The highest BCUT2D eigenvalue weighted by atomic mass is 32.1. The molecule has 4 nitrogen and oxygen atoms in total. The molecule has 1 aliphatic rings. The van der Waals surface area contributed by atoms with Crippen molar-refractivity contribution in [2.24, 2.45) is 0 Å². The summed E-state index contributed by atoms with van der Waals surface area (Å²) >= 11 is 1.70. The van der Waals surface area contributed by atoms with Crippen LogP contribution in [-0.2, 0) is 11.2 Å². The molecule has 1 atom stereocenters. The molecule has 1 aliphatic heterocycles. The molecule has 0 spiro atoms. The molecule has 0 radical (unpaired) electrons. The minimum atomic E-state index is -0.735. The first-order valence-corrected chi connectivity index (χ1v) is 6.75. The van der Waals surface area contributed by atoms with Crippen LogP contribution < -0.4 is 10.6 Å². The fraction of sp³-hybridized carbons (Fsp3) is 0.583. The normalized spacial score (nSPS) is 19.6. The van der Waals surface area contributed by atoms with Crippen molar-refractivity contribution in [3.8, 4) is 0 Å². The predicted octanol–water partition coefficient (Wildman–Crippen LogP) is 1.09. The van der Waals surface area contributed by atoms with Crippen LogP contribution in [0.2, 0.25) is 0 Å². The van der Waals surface area contributed by atoms with Gasteiger partial charge in [-0.3, -0.25) is 4.79 Å². The van der Waals surface area contributed by atoms with Crippen LogP contribution in [0, 0.1) is 0 Å². The van der Waals surface area contributed by atoms with E-state index in [0.29, 0.717) is 6.04 Å². The second-order valence-corrected chi connectivity index (χ2v) is 5.62. The number of rotatable bonds is 6. The van der Waals surface area contributed by atoms with Crippen LogP contribution in [0.25, 0.3) is 0 Å². The quantitative estimate of drug-likeness (QED) is 0.711. The molecule has 0 aliphatic carbocycles. The standard InChI is InChI=1S/C12H18N2O2S/c1-9(4-10-2-3-17-6-10)14-12(5-11(15)16)7-13-8-12/h2-3,6,9,13-14H,4-5,7-8H2,1H3,(H,15,16). The highest BCUT2D eigenvalue weighted by molar-refractivity contribution is 7.07. The minimum absolute atomic E-state index is 0.188. The zero-order valence-electron chi connectivity index (χ0n) is 9.90. The van der Waals surface area contributed by atoms with Crippen molar-refractivity contribution < 1.29 is 9.90 Å². The summed E-state index contributed by atoms with van der Waals surface area (Å²) < 4.78 is 0. The molecule has 94 valence electrons. The number of hydrogen-bond donors (Lipinski definition) is 3. The van der Waals surface area contributed by atoms with E-state index in [2.05, 4.69) is 34.4 Å². The Balaban J connectivity index is 1.88. The Kier molecular flexibility index (Phi) is 3.81. The van der Waals surface area contributed by atoms with E-state index < -0.39 is 5.97 Å². The molecule has 5 heteroatoms. The lowest BCUT2D eigenvalue weighted by molar-refractivity contribution is -0.139. The van der Waals surface area contributed by atoms with Crippen molar-refractivity contribution in [3.63, 3.8) is 0 Å². The molecule has 1 aromatic heterocycles. The maximum absolute atomic E-state index is 10.8. The molecule has 2 rings (SSSR count). The molecule has 1 saturated heterocycles. The molecule has 1 unspecified atom stereocenters. The van der Waals surface area contributed by atoms with Crippen LogP contribution in [0.5, 0.6) is 0 Å². The first-order valence-electron chi connectivity index (χ1n) is 5.81. The monoisotopic (exact) mass is 254 g/mol. The third-order valence-corrected chi connectivity index (χ3v) is 3.82. The van der Waals surface area contributed by atoms with Crippen LogP contribution in [0.15, 0.2) is 16.8 Å². The number of aliphatic carboxylic acids is 1. The Bertz CT molecular complexity index is 374. The van der Waals surface area contributed by atoms with Gasteiger partial charge in [-0.05, 0) is 35.7 Å². The molecular formula is C12H18N2O2S. The summed E-state index contributed by atoms with van der Waals surface area (Å²) in [6, 6.07) is 2.41. The average Bonchev–Trinajstić information content (AvgIpc) is 2.66. The van der Waals surface area contributed by atoms with Crippen LogP contribution in [-0.4, -0.2) is 35.7 Å². The van der Waals surface area contributed by atoms with Gasteiger partial charge in [-0.25, -0.2) is 0 Å². The second kappa shape index (κ2) is 5.16. The van der Waals surface area contributed by atoms with E-state index in [1.165, 1.54) is 5.56 Å². The van der Waals surface area contributed by atoms with E-state index in [4.69, 9.17) is 5.11 Å². The number of carboxylic acid groups (broad SMARTS) is 1. The van der Waals surface area contributed by atoms with E-state index in [1.807, 2.05) is 0 Å². The van der Waals surface area contributed by atoms with Crippen LogP contribution >= 0.6 is 11.3 Å². The summed E-state index contributed by atoms with van der Waals surface area (Å²) in [4.78, 5) is 10.8. The first-order chi connectivity index (χ1) is 8.10. The van der Waals surface area contributed by atoms with Crippen molar-refractivity contribution in [2.75, 3.05) is 13.1 Å². The van der Waals surface area contributed by atoms with E-state index in [-0.39, 0.29) is 12.0 Å². The topological polar surface area (TPSA) is 61.4 Å². The lowest BCUT2D eigenvalue weighted by Crippen LogP contribution is -2.70. The Morgan fingerprint density at radius 1 is 1.71 bits per heavy atom. The highest BCUT2D eigenvalue weighted by Crippen LogP contribution is 2.18. The van der Waals surface area contributed by atoms with Crippen LogP contribution in [0.3, 0.4) is 0 Å². The smallest absolute Gasteiger partial charge is 0.305 e. The Morgan fingerprint density at radius 3 is 2.94 bits per heavy atom. The fourth-order valence-corrected chi connectivity index (χ4v) is 3.01. The zero-order chi connectivity index (χ0) is 12.3. The Morgan fingerprint density at radius 2 is 2.47 bits per heavy atom. The molecule has 0 bridgehead atoms.